The molecule has 1 rings (SSSR count). The van der Waals surface area contributed by atoms with Gasteiger partial charge in [-0.25, -0.2) is 0 Å². The molecule has 10 heteroatoms. The molecule has 1 aromatic rings. The lowest BCUT2D eigenvalue weighted by Gasteiger charge is -2.09. The van der Waals surface area contributed by atoms with Crippen LogP contribution in [0.15, 0.2) is 24.3 Å². The number of nitrogens with one attached hydrogen (secondary N) is 2. The van der Waals surface area contributed by atoms with Crippen molar-refractivity contribution in [2.75, 3.05) is 31.6 Å². The van der Waals surface area contributed by atoms with Gasteiger partial charge in [0.1, 0.15) is 6.61 Å². The van der Waals surface area contributed by atoms with E-state index < -0.39 is 23.6 Å². The SMILES string of the molecule is O=C(CCOCC(F)(F)F)NCCNc1ccc([N+](=O)[O-])cc1. The number of halogens is 3. The molecule has 128 valence electrons. The van der Waals surface area contributed by atoms with E-state index in [1.165, 1.54) is 24.3 Å². The van der Waals surface area contributed by atoms with Gasteiger partial charge in [0.2, 0.25) is 5.91 Å². The number of non-ortho nitro benzene ring substituents is 1. The van der Waals surface area contributed by atoms with Crippen molar-refractivity contribution in [3.05, 3.63) is 34.4 Å². The fourth-order valence-corrected chi connectivity index (χ4v) is 1.55. The third-order valence-corrected chi connectivity index (χ3v) is 2.59. The number of carbonyl (C=O) groups excluding carboxylic acids is 1. The molecule has 0 aliphatic heterocycles. The summed E-state index contributed by atoms with van der Waals surface area (Å²) in [6, 6.07) is 5.76. The average Bonchev–Trinajstić information content (AvgIpc) is 2.47. The first-order valence-corrected chi connectivity index (χ1v) is 6.67. The molecule has 0 saturated heterocycles. The van der Waals surface area contributed by atoms with Crippen LogP contribution in [-0.4, -0.2) is 43.3 Å². The van der Waals surface area contributed by atoms with Crippen LogP contribution in [0.5, 0.6) is 0 Å². The van der Waals surface area contributed by atoms with Crippen LogP contribution >= 0.6 is 0 Å². The summed E-state index contributed by atoms with van der Waals surface area (Å²) >= 11 is 0. The summed E-state index contributed by atoms with van der Waals surface area (Å²) in [4.78, 5) is 21.3. The van der Waals surface area contributed by atoms with Crippen molar-refractivity contribution >= 4 is 17.3 Å². The van der Waals surface area contributed by atoms with Gasteiger partial charge in [0, 0.05) is 37.3 Å². The van der Waals surface area contributed by atoms with E-state index in [0.29, 0.717) is 12.2 Å². The summed E-state index contributed by atoms with van der Waals surface area (Å²) in [5.41, 5.74) is 0.626. The molecular formula is C13H16F3N3O4. The summed E-state index contributed by atoms with van der Waals surface area (Å²) in [5.74, 6) is -0.419. The minimum atomic E-state index is -4.40. The summed E-state index contributed by atoms with van der Waals surface area (Å²) in [6.07, 6.45) is -4.56. The smallest absolute Gasteiger partial charge is 0.383 e. The number of ether oxygens (including phenoxy) is 1. The molecule has 0 aromatic heterocycles. The number of carbonyl (C=O) groups is 1. The van der Waals surface area contributed by atoms with Gasteiger partial charge in [0.05, 0.1) is 11.5 Å². The molecule has 0 bridgehead atoms. The normalized spacial score (nSPS) is 11.1. The zero-order valence-electron chi connectivity index (χ0n) is 12.1. The lowest BCUT2D eigenvalue weighted by atomic mass is 10.3. The van der Waals surface area contributed by atoms with E-state index in [9.17, 15) is 28.1 Å². The van der Waals surface area contributed by atoms with Gasteiger partial charge in [-0.3, -0.25) is 14.9 Å². The van der Waals surface area contributed by atoms with E-state index in [1.54, 1.807) is 0 Å². The van der Waals surface area contributed by atoms with Crippen LogP contribution in [0.4, 0.5) is 24.5 Å². The minimum absolute atomic E-state index is 0.0253. The Balaban J connectivity index is 2.12. The number of nitro groups is 1. The quantitative estimate of drug-likeness (QED) is 0.409. The molecule has 0 radical (unpaired) electrons. The van der Waals surface area contributed by atoms with Crippen LogP contribution < -0.4 is 10.6 Å². The summed E-state index contributed by atoms with van der Waals surface area (Å²) in [7, 11) is 0. The Bertz CT molecular complexity index is 520. The predicted molar refractivity (Wildman–Crippen MR) is 76.1 cm³/mol. The Labute approximate surface area is 130 Å². The fourth-order valence-electron chi connectivity index (χ4n) is 1.55. The monoisotopic (exact) mass is 335 g/mol. The van der Waals surface area contributed by atoms with Gasteiger partial charge in [-0.15, -0.1) is 0 Å². The van der Waals surface area contributed by atoms with Crippen molar-refractivity contribution in [1.82, 2.24) is 5.32 Å². The highest BCUT2D eigenvalue weighted by Gasteiger charge is 2.27. The Hall–Kier alpha value is -2.36. The van der Waals surface area contributed by atoms with Crippen LogP contribution in [0.1, 0.15) is 6.42 Å². The van der Waals surface area contributed by atoms with Gasteiger partial charge < -0.3 is 15.4 Å². The lowest BCUT2D eigenvalue weighted by Crippen LogP contribution is -2.30. The van der Waals surface area contributed by atoms with E-state index in [4.69, 9.17) is 0 Å². The molecule has 7 nitrogen and oxygen atoms in total. The van der Waals surface area contributed by atoms with Crippen molar-refractivity contribution in [3.8, 4) is 0 Å². The second-order valence-corrected chi connectivity index (χ2v) is 4.50. The number of alkyl halides is 3. The van der Waals surface area contributed by atoms with Crippen LogP contribution in [-0.2, 0) is 9.53 Å². The van der Waals surface area contributed by atoms with Crippen molar-refractivity contribution in [2.45, 2.75) is 12.6 Å². The van der Waals surface area contributed by atoms with Gasteiger partial charge in [-0.05, 0) is 12.1 Å². The largest absolute Gasteiger partial charge is 0.411 e. The number of rotatable bonds is 9. The standard InChI is InChI=1S/C13H16F3N3O4/c14-13(15,16)9-23-8-5-12(20)18-7-6-17-10-1-3-11(4-2-10)19(21)22/h1-4,17H,5-9H2,(H,18,20). The Morgan fingerprint density at radius 3 is 2.43 bits per heavy atom. The fraction of sp³-hybridized carbons (Fsp3) is 0.462. The van der Waals surface area contributed by atoms with Crippen molar-refractivity contribution < 1.29 is 27.6 Å². The van der Waals surface area contributed by atoms with E-state index in [2.05, 4.69) is 15.4 Å². The van der Waals surface area contributed by atoms with Gasteiger partial charge in [-0.1, -0.05) is 0 Å². The van der Waals surface area contributed by atoms with Crippen LogP contribution in [0, 0.1) is 10.1 Å². The highest BCUT2D eigenvalue weighted by Crippen LogP contribution is 2.15. The maximum Gasteiger partial charge on any atom is 0.411 e. The van der Waals surface area contributed by atoms with E-state index in [-0.39, 0.29) is 25.3 Å². The lowest BCUT2D eigenvalue weighted by molar-refractivity contribution is -0.384. The first-order valence-electron chi connectivity index (χ1n) is 6.67. The van der Waals surface area contributed by atoms with Crippen LogP contribution in [0.25, 0.3) is 0 Å². The molecule has 0 saturated carbocycles. The minimum Gasteiger partial charge on any atom is -0.383 e. The summed E-state index contributed by atoms with van der Waals surface area (Å²) in [6.45, 7) is -1.05. The summed E-state index contributed by atoms with van der Waals surface area (Å²) in [5, 5.41) is 15.9. The molecule has 0 aliphatic rings. The van der Waals surface area contributed by atoms with Gasteiger partial charge in [0.15, 0.2) is 0 Å². The van der Waals surface area contributed by atoms with E-state index in [0.717, 1.165) is 0 Å². The molecule has 2 N–H and O–H groups in total. The zero-order valence-corrected chi connectivity index (χ0v) is 12.1. The number of hydrogen-bond acceptors (Lipinski definition) is 5. The first-order chi connectivity index (χ1) is 10.8. The predicted octanol–water partition coefficient (Wildman–Crippen LogP) is 2.09. The number of amides is 1. The van der Waals surface area contributed by atoms with Gasteiger partial charge in [-0.2, -0.15) is 13.2 Å². The maximum atomic E-state index is 11.8. The van der Waals surface area contributed by atoms with Gasteiger partial charge >= 0.3 is 6.18 Å². The molecule has 23 heavy (non-hydrogen) atoms. The molecule has 0 atom stereocenters. The molecule has 1 aromatic carbocycles. The van der Waals surface area contributed by atoms with Crippen molar-refractivity contribution in [1.29, 1.82) is 0 Å². The third kappa shape index (κ3) is 8.61. The molecule has 1 amide bonds. The molecular weight excluding hydrogens is 319 g/mol. The molecule has 0 fully saturated rings. The van der Waals surface area contributed by atoms with Crippen LogP contribution in [0.3, 0.4) is 0 Å². The molecule has 0 aliphatic carbocycles. The highest BCUT2D eigenvalue weighted by molar-refractivity contribution is 5.75. The Morgan fingerprint density at radius 1 is 1.22 bits per heavy atom. The highest BCUT2D eigenvalue weighted by atomic mass is 19.4. The van der Waals surface area contributed by atoms with Crippen molar-refractivity contribution in [2.24, 2.45) is 0 Å². The number of hydrogen-bond donors (Lipinski definition) is 2. The summed E-state index contributed by atoms with van der Waals surface area (Å²) < 4.78 is 39.7. The number of benzene rings is 1. The molecule has 0 heterocycles. The van der Waals surface area contributed by atoms with Crippen molar-refractivity contribution in [3.63, 3.8) is 0 Å². The topological polar surface area (TPSA) is 93.5 Å². The second kappa shape index (κ2) is 8.93. The maximum absolute atomic E-state index is 11.8. The zero-order chi connectivity index (χ0) is 17.3. The molecule has 0 spiro atoms. The number of anilines is 1. The average molecular weight is 335 g/mol. The van der Waals surface area contributed by atoms with E-state index in [1.807, 2.05) is 0 Å². The Kier molecular flexibility index (Phi) is 7.26. The number of nitro benzene ring substituents is 1. The Morgan fingerprint density at radius 2 is 1.87 bits per heavy atom. The first kappa shape index (κ1) is 18.7. The van der Waals surface area contributed by atoms with Gasteiger partial charge in [0.25, 0.3) is 5.69 Å². The molecule has 0 unspecified atom stereocenters. The second-order valence-electron chi connectivity index (χ2n) is 4.50. The third-order valence-electron chi connectivity index (χ3n) is 2.59. The van der Waals surface area contributed by atoms with Crippen LogP contribution in [0.2, 0.25) is 0 Å². The number of nitrogens with zero attached hydrogens (tertiary/aromatic N) is 1. The van der Waals surface area contributed by atoms with E-state index >= 15 is 0 Å².